The Bertz CT molecular complexity index is 852. The number of carbonyl (C=O) groups excluding carboxylic acids is 1. The van der Waals surface area contributed by atoms with E-state index in [1.54, 1.807) is 26.2 Å². The quantitative estimate of drug-likeness (QED) is 0.731. The second-order valence-electron chi connectivity index (χ2n) is 5.18. The van der Waals surface area contributed by atoms with E-state index in [2.05, 4.69) is 15.5 Å². The molecule has 2 aromatic carbocycles. The molecule has 0 spiro atoms. The Morgan fingerprint density at radius 2 is 1.80 bits per heavy atom. The molecule has 6 nitrogen and oxygen atoms in total. The fourth-order valence-corrected chi connectivity index (χ4v) is 2.94. The molecular weight excluding hydrogens is 338 g/mol. The molecule has 1 amide bonds. The van der Waals surface area contributed by atoms with Crippen molar-refractivity contribution in [1.82, 2.24) is 10.2 Å². The van der Waals surface area contributed by atoms with Crippen molar-refractivity contribution >= 4 is 22.4 Å². The van der Waals surface area contributed by atoms with Gasteiger partial charge in [0.1, 0.15) is 11.5 Å². The van der Waals surface area contributed by atoms with Crippen LogP contribution in [0.5, 0.6) is 11.5 Å². The predicted molar refractivity (Wildman–Crippen MR) is 97.1 cm³/mol. The monoisotopic (exact) mass is 355 g/mol. The molecule has 3 aromatic rings. The van der Waals surface area contributed by atoms with E-state index < -0.39 is 6.10 Å². The fraction of sp³-hybridized carbons (Fsp3) is 0.167. The number of rotatable bonds is 6. The van der Waals surface area contributed by atoms with Crippen LogP contribution in [0.25, 0.3) is 10.6 Å². The summed E-state index contributed by atoms with van der Waals surface area (Å²) >= 11 is 1.28. The van der Waals surface area contributed by atoms with Gasteiger partial charge in [0.25, 0.3) is 5.91 Å². The predicted octanol–water partition coefficient (Wildman–Crippen LogP) is 3.62. The minimum atomic E-state index is -0.652. The van der Waals surface area contributed by atoms with Crippen molar-refractivity contribution in [2.75, 3.05) is 12.4 Å². The topological polar surface area (TPSA) is 73.3 Å². The number of methoxy groups -OCH3 is 1. The Hall–Kier alpha value is -2.93. The number of hydrogen-bond donors (Lipinski definition) is 1. The molecule has 0 unspecified atom stereocenters. The lowest BCUT2D eigenvalue weighted by Crippen LogP contribution is -2.30. The third-order valence-corrected chi connectivity index (χ3v) is 4.29. The molecule has 0 saturated carbocycles. The van der Waals surface area contributed by atoms with Crippen molar-refractivity contribution in [1.29, 1.82) is 0 Å². The van der Waals surface area contributed by atoms with Crippen molar-refractivity contribution in [3.8, 4) is 22.1 Å². The van der Waals surface area contributed by atoms with E-state index in [0.717, 1.165) is 5.56 Å². The lowest BCUT2D eigenvalue weighted by atomic mass is 10.2. The summed E-state index contributed by atoms with van der Waals surface area (Å²) in [4.78, 5) is 12.3. The summed E-state index contributed by atoms with van der Waals surface area (Å²) in [6.45, 7) is 1.69. The second-order valence-corrected chi connectivity index (χ2v) is 6.15. The van der Waals surface area contributed by atoms with Crippen LogP contribution >= 0.6 is 11.3 Å². The molecule has 1 aromatic heterocycles. The van der Waals surface area contributed by atoms with Gasteiger partial charge in [-0.05, 0) is 31.2 Å². The van der Waals surface area contributed by atoms with Crippen molar-refractivity contribution in [2.24, 2.45) is 0 Å². The van der Waals surface area contributed by atoms with E-state index in [1.807, 2.05) is 42.5 Å². The van der Waals surface area contributed by atoms with Crippen LogP contribution in [0.15, 0.2) is 54.6 Å². The molecule has 1 heterocycles. The summed E-state index contributed by atoms with van der Waals surface area (Å²) < 4.78 is 10.9. The van der Waals surface area contributed by atoms with E-state index in [0.29, 0.717) is 21.6 Å². The van der Waals surface area contributed by atoms with Crippen molar-refractivity contribution in [2.45, 2.75) is 13.0 Å². The average molecular weight is 355 g/mol. The standard InChI is InChI=1S/C18H17N3O3S/c1-12(24-13-8-4-3-5-9-13)16(22)19-18-21-20-17(25-18)14-10-6-7-11-15(14)23-2/h3-12H,1-2H3,(H,19,21,22)/t12-/m0/s1. The Balaban J connectivity index is 1.67. The van der Waals surface area contributed by atoms with Crippen LogP contribution < -0.4 is 14.8 Å². The highest BCUT2D eigenvalue weighted by Gasteiger charge is 2.18. The number of nitrogens with zero attached hydrogens (tertiary/aromatic N) is 2. The number of benzene rings is 2. The van der Waals surface area contributed by atoms with Crippen LogP contribution in [-0.4, -0.2) is 29.3 Å². The summed E-state index contributed by atoms with van der Waals surface area (Å²) in [6.07, 6.45) is -0.652. The molecule has 128 valence electrons. The van der Waals surface area contributed by atoms with Gasteiger partial charge in [0.15, 0.2) is 11.1 Å². The summed E-state index contributed by atoms with van der Waals surface area (Å²) in [5.41, 5.74) is 0.830. The van der Waals surface area contributed by atoms with Gasteiger partial charge in [-0.25, -0.2) is 0 Å². The maximum Gasteiger partial charge on any atom is 0.266 e. The van der Waals surface area contributed by atoms with Crippen LogP contribution in [-0.2, 0) is 4.79 Å². The third-order valence-electron chi connectivity index (χ3n) is 3.42. The zero-order valence-corrected chi connectivity index (χ0v) is 14.6. The van der Waals surface area contributed by atoms with Gasteiger partial charge in [-0.15, -0.1) is 10.2 Å². The molecule has 0 bridgehead atoms. The maximum absolute atomic E-state index is 12.3. The van der Waals surface area contributed by atoms with Crippen LogP contribution in [0.4, 0.5) is 5.13 Å². The molecule has 0 radical (unpaired) electrons. The van der Waals surface area contributed by atoms with E-state index in [-0.39, 0.29) is 5.91 Å². The molecule has 7 heteroatoms. The van der Waals surface area contributed by atoms with Gasteiger partial charge in [-0.1, -0.05) is 41.7 Å². The Labute approximate surface area is 149 Å². The van der Waals surface area contributed by atoms with Crippen LogP contribution in [0.1, 0.15) is 6.92 Å². The highest BCUT2D eigenvalue weighted by Crippen LogP contribution is 2.33. The Morgan fingerprint density at radius 1 is 1.08 bits per heavy atom. The molecule has 0 fully saturated rings. The van der Waals surface area contributed by atoms with E-state index in [9.17, 15) is 4.79 Å². The molecule has 3 rings (SSSR count). The zero-order chi connectivity index (χ0) is 17.6. The van der Waals surface area contributed by atoms with Crippen LogP contribution in [0.2, 0.25) is 0 Å². The summed E-state index contributed by atoms with van der Waals surface area (Å²) in [5, 5.41) is 12.0. The number of para-hydroxylation sites is 2. The lowest BCUT2D eigenvalue weighted by Gasteiger charge is -2.13. The molecule has 1 atom stereocenters. The van der Waals surface area contributed by atoms with Gasteiger partial charge >= 0.3 is 0 Å². The number of ether oxygens (including phenoxy) is 2. The number of nitrogens with one attached hydrogen (secondary N) is 1. The minimum Gasteiger partial charge on any atom is -0.496 e. The molecule has 0 saturated heterocycles. The van der Waals surface area contributed by atoms with Gasteiger partial charge in [-0.2, -0.15) is 0 Å². The number of anilines is 1. The summed E-state index contributed by atoms with van der Waals surface area (Å²) in [6, 6.07) is 16.7. The number of carbonyl (C=O) groups is 1. The highest BCUT2D eigenvalue weighted by atomic mass is 32.1. The maximum atomic E-state index is 12.3. The average Bonchev–Trinajstić information content (AvgIpc) is 3.10. The lowest BCUT2D eigenvalue weighted by molar-refractivity contribution is -0.122. The number of hydrogen-bond acceptors (Lipinski definition) is 6. The van der Waals surface area contributed by atoms with E-state index in [1.165, 1.54) is 11.3 Å². The smallest absolute Gasteiger partial charge is 0.266 e. The molecule has 25 heavy (non-hydrogen) atoms. The Kier molecular flexibility index (Phi) is 5.25. The summed E-state index contributed by atoms with van der Waals surface area (Å²) in [5.74, 6) is 1.06. The van der Waals surface area contributed by atoms with E-state index in [4.69, 9.17) is 9.47 Å². The molecule has 1 N–H and O–H groups in total. The third kappa shape index (κ3) is 4.13. The van der Waals surface area contributed by atoms with Gasteiger partial charge < -0.3 is 9.47 Å². The van der Waals surface area contributed by atoms with Gasteiger partial charge in [0.05, 0.1) is 12.7 Å². The van der Waals surface area contributed by atoms with Gasteiger partial charge in [0, 0.05) is 0 Å². The Morgan fingerprint density at radius 3 is 2.56 bits per heavy atom. The van der Waals surface area contributed by atoms with Crippen LogP contribution in [0.3, 0.4) is 0 Å². The largest absolute Gasteiger partial charge is 0.496 e. The fourth-order valence-electron chi connectivity index (χ4n) is 2.17. The van der Waals surface area contributed by atoms with Crippen molar-refractivity contribution in [3.05, 3.63) is 54.6 Å². The second kappa shape index (κ2) is 7.76. The van der Waals surface area contributed by atoms with Crippen molar-refractivity contribution in [3.63, 3.8) is 0 Å². The SMILES string of the molecule is COc1ccccc1-c1nnc(NC(=O)[C@H](C)Oc2ccccc2)s1. The van der Waals surface area contributed by atoms with Crippen molar-refractivity contribution < 1.29 is 14.3 Å². The molecule has 0 aliphatic rings. The number of amides is 1. The highest BCUT2D eigenvalue weighted by molar-refractivity contribution is 7.18. The van der Waals surface area contributed by atoms with Crippen LogP contribution in [0, 0.1) is 0 Å². The number of aromatic nitrogens is 2. The zero-order valence-electron chi connectivity index (χ0n) is 13.8. The van der Waals surface area contributed by atoms with E-state index >= 15 is 0 Å². The molecule has 0 aliphatic heterocycles. The molecule has 0 aliphatic carbocycles. The first-order valence-corrected chi connectivity index (χ1v) is 8.48. The molecular formula is C18H17N3O3S. The first-order valence-electron chi connectivity index (χ1n) is 7.67. The first kappa shape index (κ1) is 16.9. The first-order chi connectivity index (χ1) is 12.2. The minimum absolute atomic E-state index is 0.286. The van der Waals surface area contributed by atoms with Gasteiger partial charge in [0.2, 0.25) is 5.13 Å². The normalized spacial score (nSPS) is 11.6. The summed E-state index contributed by atoms with van der Waals surface area (Å²) in [7, 11) is 1.60. The van der Waals surface area contributed by atoms with Gasteiger partial charge in [-0.3, -0.25) is 10.1 Å².